The molecule has 0 atom stereocenters. The normalized spacial score (nSPS) is 10.7. The first-order valence-corrected chi connectivity index (χ1v) is 6.33. The van der Waals surface area contributed by atoms with Crippen molar-refractivity contribution in [2.24, 2.45) is 0 Å². The Kier molecular flexibility index (Phi) is 4.95. The van der Waals surface area contributed by atoms with Crippen molar-refractivity contribution in [1.29, 1.82) is 0 Å². The Bertz CT molecular complexity index is 811. The van der Waals surface area contributed by atoms with E-state index in [1.54, 1.807) is 0 Å². The molecule has 0 saturated carbocycles. The molecule has 0 heterocycles. The predicted octanol–water partition coefficient (Wildman–Crippen LogP) is 2.06. The van der Waals surface area contributed by atoms with Crippen molar-refractivity contribution in [3.05, 3.63) is 46.8 Å². The van der Waals surface area contributed by atoms with Crippen molar-refractivity contribution in [2.45, 2.75) is 0 Å². The average Bonchev–Trinajstić information content (AvgIpc) is 2.53. The van der Waals surface area contributed by atoms with Gasteiger partial charge in [0.05, 0.1) is 14.2 Å². The third kappa shape index (κ3) is 2.76. The number of rotatable bonds is 4. The Morgan fingerprint density at radius 2 is 1.17 bits per heavy atom. The highest BCUT2D eigenvalue weighted by Gasteiger charge is 2.29. The van der Waals surface area contributed by atoms with Crippen LogP contribution >= 0.6 is 0 Å². The molecular formula is C14H8BF7O2. The average molecular weight is 352 g/mol. The summed E-state index contributed by atoms with van der Waals surface area (Å²) < 4.78 is 105. The second kappa shape index (κ2) is 6.62. The van der Waals surface area contributed by atoms with Crippen LogP contribution in [0.5, 0.6) is 11.5 Å². The molecule has 0 aromatic heterocycles. The van der Waals surface area contributed by atoms with E-state index in [2.05, 4.69) is 9.47 Å². The number of benzene rings is 2. The van der Waals surface area contributed by atoms with E-state index in [0.717, 1.165) is 14.2 Å². The largest absolute Gasteiger partial charge is 0.491 e. The Hall–Kier alpha value is -2.39. The number of ether oxygens (including phenoxy) is 2. The topological polar surface area (TPSA) is 18.5 Å². The van der Waals surface area contributed by atoms with E-state index in [1.165, 1.54) is 0 Å². The summed E-state index contributed by atoms with van der Waals surface area (Å²) in [6, 6.07) is 0.240. The highest BCUT2D eigenvalue weighted by Crippen LogP contribution is 2.25. The zero-order chi connectivity index (χ0) is 18.2. The smallest absolute Gasteiger partial charge is 0.208 e. The van der Waals surface area contributed by atoms with Gasteiger partial charge in [0, 0.05) is 6.07 Å². The SMILES string of the molecule is COc1c(F)cc(F)c(Bc2c(F)c(F)c(F)c(OC)c2F)c1F. The maximum Gasteiger partial charge on any atom is 0.208 e. The van der Waals surface area contributed by atoms with Gasteiger partial charge in [-0.3, -0.25) is 0 Å². The van der Waals surface area contributed by atoms with Crippen LogP contribution in [0.25, 0.3) is 0 Å². The lowest BCUT2D eigenvalue weighted by molar-refractivity contribution is 0.338. The molecule has 0 bridgehead atoms. The van der Waals surface area contributed by atoms with Crippen molar-refractivity contribution >= 4 is 18.2 Å². The third-order valence-electron chi connectivity index (χ3n) is 3.30. The first-order chi connectivity index (χ1) is 11.2. The van der Waals surface area contributed by atoms with Crippen molar-refractivity contribution in [1.82, 2.24) is 0 Å². The summed E-state index contributed by atoms with van der Waals surface area (Å²) in [6.45, 7) is 0. The van der Waals surface area contributed by atoms with Crippen LogP contribution in [0.4, 0.5) is 30.7 Å². The van der Waals surface area contributed by atoms with Crippen LogP contribution < -0.4 is 20.4 Å². The summed E-state index contributed by atoms with van der Waals surface area (Å²) in [5, 5.41) is 0. The molecule has 0 N–H and O–H groups in total. The molecule has 0 aliphatic rings. The second-order valence-electron chi connectivity index (χ2n) is 4.61. The highest BCUT2D eigenvalue weighted by atomic mass is 19.2. The molecule has 10 heteroatoms. The molecule has 0 aliphatic carbocycles. The lowest BCUT2D eigenvalue weighted by atomic mass is 9.62. The molecule has 0 amide bonds. The van der Waals surface area contributed by atoms with Crippen LogP contribution in [0.15, 0.2) is 6.07 Å². The Labute approximate surface area is 132 Å². The molecule has 2 nitrogen and oxygen atoms in total. The molecule has 2 aromatic rings. The van der Waals surface area contributed by atoms with Gasteiger partial charge in [0.15, 0.2) is 40.6 Å². The van der Waals surface area contributed by atoms with Gasteiger partial charge < -0.3 is 9.47 Å². The van der Waals surface area contributed by atoms with Crippen LogP contribution in [-0.2, 0) is 0 Å². The van der Waals surface area contributed by atoms with E-state index < -0.39 is 70.4 Å². The van der Waals surface area contributed by atoms with Crippen LogP contribution in [0.2, 0.25) is 0 Å². The molecule has 0 radical (unpaired) electrons. The summed E-state index contributed by atoms with van der Waals surface area (Å²) >= 11 is 0. The summed E-state index contributed by atoms with van der Waals surface area (Å²) in [5.41, 5.74) is -2.17. The highest BCUT2D eigenvalue weighted by molar-refractivity contribution is 6.67. The fourth-order valence-electron chi connectivity index (χ4n) is 2.13. The zero-order valence-corrected chi connectivity index (χ0v) is 12.2. The van der Waals surface area contributed by atoms with E-state index >= 15 is 0 Å². The number of hydrogen-bond acceptors (Lipinski definition) is 2. The minimum Gasteiger partial charge on any atom is -0.491 e. The Morgan fingerprint density at radius 1 is 0.625 bits per heavy atom. The minimum atomic E-state index is -2.07. The molecule has 0 spiro atoms. The van der Waals surface area contributed by atoms with Gasteiger partial charge >= 0.3 is 0 Å². The zero-order valence-electron chi connectivity index (χ0n) is 12.2. The molecule has 128 valence electrons. The van der Waals surface area contributed by atoms with E-state index in [0.29, 0.717) is 0 Å². The fourth-order valence-corrected chi connectivity index (χ4v) is 2.13. The number of methoxy groups -OCH3 is 2. The molecule has 0 unspecified atom stereocenters. The number of hydrogen-bond donors (Lipinski definition) is 0. The first kappa shape index (κ1) is 18.0. The van der Waals surface area contributed by atoms with E-state index in [9.17, 15) is 30.7 Å². The summed E-state index contributed by atoms with van der Waals surface area (Å²) in [4.78, 5) is 0. The summed E-state index contributed by atoms with van der Waals surface area (Å²) in [7, 11) is 0.523. The summed E-state index contributed by atoms with van der Waals surface area (Å²) in [5.74, 6) is -14.3. The molecular weight excluding hydrogens is 344 g/mol. The van der Waals surface area contributed by atoms with Gasteiger partial charge in [-0.05, 0) is 10.9 Å². The predicted molar refractivity (Wildman–Crippen MR) is 72.1 cm³/mol. The van der Waals surface area contributed by atoms with Crippen molar-refractivity contribution in [3.8, 4) is 11.5 Å². The van der Waals surface area contributed by atoms with Crippen LogP contribution in [-0.4, -0.2) is 21.5 Å². The third-order valence-corrected chi connectivity index (χ3v) is 3.30. The fraction of sp³-hybridized carbons (Fsp3) is 0.143. The number of halogens is 7. The van der Waals surface area contributed by atoms with Gasteiger partial charge in [-0.25, -0.2) is 26.3 Å². The van der Waals surface area contributed by atoms with Gasteiger partial charge in [-0.15, -0.1) is 0 Å². The van der Waals surface area contributed by atoms with Gasteiger partial charge in [-0.1, -0.05) is 0 Å². The Morgan fingerprint density at radius 3 is 1.71 bits per heavy atom. The van der Waals surface area contributed by atoms with Gasteiger partial charge in [-0.2, -0.15) is 4.39 Å². The standard InChI is InChI=1S/C14H8BF7O2/c1-23-13-5(17)3-4(16)6(9(13)19)15-7-8(18)11(21)12(22)14(24-2)10(7)20/h3,15H,1-2H3. The lowest BCUT2D eigenvalue weighted by Gasteiger charge is -2.13. The molecule has 0 fully saturated rings. The molecule has 0 saturated heterocycles. The van der Waals surface area contributed by atoms with E-state index in [1.807, 2.05) is 0 Å². The van der Waals surface area contributed by atoms with Gasteiger partial charge in [0.2, 0.25) is 13.1 Å². The van der Waals surface area contributed by atoms with Crippen LogP contribution in [0.3, 0.4) is 0 Å². The maximum absolute atomic E-state index is 14.1. The van der Waals surface area contributed by atoms with E-state index in [-0.39, 0.29) is 6.07 Å². The molecule has 2 aromatic carbocycles. The van der Waals surface area contributed by atoms with Crippen LogP contribution in [0.1, 0.15) is 0 Å². The van der Waals surface area contributed by atoms with Crippen molar-refractivity contribution < 1.29 is 40.2 Å². The molecule has 24 heavy (non-hydrogen) atoms. The minimum absolute atomic E-state index is 0.240. The monoisotopic (exact) mass is 352 g/mol. The van der Waals surface area contributed by atoms with Gasteiger partial charge in [0.25, 0.3) is 0 Å². The first-order valence-electron chi connectivity index (χ1n) is 6.33. The second-order valence-corrected chi connectivity index (χ2v) is 4.61. The van der Waals surface area contributed by atoms with E-state index in [4.69, 9.17) is 0 Å². The van der Waals surface area contributed by atoms with Crippen molar-refractivity contribution in [3.63, 3.8) is 0 Å². The van der Waals surface area contributed by atoms with Gasteiger partial charge in [0.1, 0.15) is 5.82 Å². The summed E-state index contributed by atoms with van der Waals surface area (Å²) in [6.07, 6.45) is 0. The van der Waals surface area contributed by atoms with Crippen LogP contribution in [0, 0.1) is 40.7 Å². The van der Waals surface area contributed by atoms with Crippen molar-refractivity contribution in [2.75, 3.05) is 14.2 Å². The maximum atomic E-state index is 14.1. The molecule has 2 rings (SSSR count). The quantitative estimate of drug-likeness (QED) is 0.363. The lowest BCUT2D eigenvalue weighted by Crippen LogP contribution is -2.38. The Balaban J connectivity index is 2.68. The molecule has 0 aliphatic heterocycles.